The van der Waals surface area contributed by atoms with Gasteiger partial charge in [-0.3, -0.25) is 24.0 Å². The van der Waals surface area contributed by atoms with Crippen molar-refractivity contribution in [2.45, 2.75) is 84.6 Å². The molecular weight excluding hydrogens is 1170 g/mol. The van der Waals surface area contributed by atoms with Crippen molar-refractivity contribution in [3.63, 3.8) is 0 Å². The Labute approximate surface area is 550 Å². The number of hydrogen-bond donors (Lipinski definition) is 4. The van der Waals surface area contributed by atoms with Crippen LogP contribution < -0.4 is 35.8 Å². The number of fused-ring (bicyclic) bond motifs is 6. The van der Waals surface area contributed by atoms with Gasteiger partial charge in [-0.15, -0.1) is 0 Å². The summed E-state index contributed by atoms with van der Waals surface area (Å²) in [4.78, 5) is 77.7. The quantitative estimate of drug-likeness (QED) is 0.0265. The van der Waals surface area contributed by atoms with Gasteiger partial charge in [0.25, 0.3) is 5.91 Å². The number of hydrogen-bond acceptors (Lipinski definition) is 9. The van der Waals surface area contributed by atoms with Crippen molar-refractivity contribution in [2.24, 2.45) is 0 Å². The van der Waals surface area contributed by atoms with Crippen molar-refractivity contribution < 1.29 is 28.7 Å². The minimum Gasteiger partial charge on any atom is -0.456 e. The molecule has 11 aromatic carbocycles. The van der Waals surface area contributed by atoms with Gasteiger partial charge in [0.1, 0.15) is 17.0 Å². The van der Waals surface area contributed by atoms with Crippen LogP contribution in [0.3, 0.4) is 0 Å². The molecule has 1 spiro atoms. The molecule has 480 valence electrons. The van der Waals surface area contributed by atoms with Crippen LogP contribution in [0.1, 0.15) is 104 Å². The summed E-state index contributed by atoms with van der Waals surface area (Å²) in [7, 11) is 0. The molecule has 94 heavy (non-hydrogen) atoms. The first-order chi connectivity index (χ1) is 46.0. The van der Waals surface area contributed by atoms with Crippen molar-refractivity contribution in [3.8, 4) is 11.5 Å². The molecule has 4 N–H and O–H groups in total. The van der Waals surface area contributed by atoms with Crippen molar-refractivity contribution in [1.29, 1.82) is 0 Å². The summed E-state index contributed by atoms with van der Waals surface area (Å²) in [5, 5.41) is 26.9. The zero-order valence-electron chi connectivity index (χ0n) is 54.5. The van der Waals surface area contributed by atoms with Gasteiger partial charge >= 0.3 is 0 Å². The van der Waals surface area contributed by atoms with Crippen molar-refractivity contribution in [1.82, 2.24) is 31.1 Å². The topological polar surface area (TPSA) is 156 Å². The van der Waals surface area contributed by atoms with Gasteiger partial charge in [0, 0.05) is 144 Å². The summed E-state index contributed by atoms with van der Waals surface area (Å²) >= 11 is 0. The van der Waals surface area contributed by atoms with Gasteiger partial charge in [-0.1, -0.05) is 140 Å². The van der Waals surface area contributed by atoms with E-state index < -0.39 is 5.54 Å². The first-order valence-electron chi connectivity index (χ1n) is 34.0. The predicted octanol–water partition coefficient (Wildman–Crippen LogP) is 13.6. The number of amides is 5. The van der Waals surface area contributed by atoms with Crippen LogP contribution in [-0.2, 0) is 37.6 Å². The summed E-state index contributed by atoms with van der Waals surface area (Å²) in [6.45, 7) is 14.1. The van der Waals surface area contributed by atoms with E-state index in [4.69, 9.17) is 4.74 Å². The average molecular weight is 1250 g/mol. The molecule has 13 rings (SSSR count). The molecule has 2 heterocycles. The molecule has 0 aromatic heterocycles. The molecule has 0 saturated carbocycles. The zero-order chi connectivity index (χ0) is 64.9. The molecule has 0 fully saturated rings. The van der Waals surface area contributed by atoms with Crippen LogP contribution in [0.4, 0.5) is 11.4 Å². The Hall–Kier alpha value is -9.79. The van der Waals surface area contributed by atoms with Crippen LogP contribution in [0.25, 0.3) is 64.6 Å². The first kappa shape index (κ1) is 63.0. The molecule has 0 atom stereocenters. The van der Waals surface area contributed by atoms with Gasteiger partial charge in [-0.05, 0) is 153 Å². The molecule has 2 aliphatic rings. The number of anilines is 2. The van der Waals surface area contributed by atoms with Gasteiger partial charge < -0.3 is 45.6 Å². The Bertz CT molecular complexity index is 4330. The Morgan fingerprint density at radius 3 is 1.28 bits per heavy atom. The Kier molecular flexibility index (Phi) is 18.6. The Morgan fingerprint density at radius 1 is 0.426 bits per heavy atom. The van der Waals surface area contributed by atoms with Crippen LogP contribution in [0, 0.1) is 0 Å². The molecule has 14 nitrogen and oxygen atoms in total. The van der Waals surface area contributed by atoms with E-state index >= 15 is 4.79 Å². The Morgan fingerprint density at radius 2 is 0.830 bits per heavy atom. The van der Waals surface area contributed by atoms with Crippen LogP contribution in [-0.4, -0.2) is 118 Å². The summed E-state index contributed by atoms with van der Waals surface area (Å²) in [5.41, 5.74) is 6.64. The van der Waals surface area contributed by atoms with Gasteiger partial charge in [-0.2, -0.15) is 0 Å². The van der Waals surface area contributed by atoms with Crippen LogP contribution in [0.15, 0.2) is 170 Å². The summed E-state index contributed by atoms with van der Waals surface area (Å²) < 4.78 is 6.98. The van der Waals surface area contributed by atoms with E-state index in [-0.39, 0.29) is 75.1 Å². The van der Waals surface area contributed by atoms with E-state index in [0.29, 0.717) is 62.4 Å². The summed E-state index contributed by atoms with van der Waals surface area (Å²) in [6.07, 6.45) is 3.90. The van der Waals surface area contributed by atoms with Crippen molar-refractivity contribution in [2.75, 3.05) is 88.3 Å². The second-order valence-corrected chi connectivity index (χ2v) is 25.1. The third kappa shape index (κ3) is 12.3. The highest BCUT2D eigenvalue weighted by atomic mass is 16.5. The molecule has 0 saturated heterocycles. The number of aryl methyl sites for hydroxylation is 2. The first-order valence-corrected chi connectivity index (χ1v) is 34.0. The normalized spacial score (nSPS) is 13.1. The molecular formula is C80H84N8O6. The number of nitrogens with zero attached hydrogens (tertiary/aromatic N) is 4. The van der Waals surface area contributed by atoms with E-state index in [1.165, 1.54) is 75.8 Å². The number of carbonyl (C=O) groups excluding carboxylic acids is 5. The van der Waals surface area contributed by atoms with Gasteiger partial charge in [0.15, 0.2) is 0 Å². The lowest BCUT2D eigenvalue weighted by Gasteiger charge is -2.45. The van der Waals surface area contributed by atoms with Crippen molar-refractivity contribution >= 4 is 106 Å². The molecule has 0 aliphatic carbocycles. The fourth-order valence-corrected chi connectivity index (χ4v) is 15.1. The highest BCUT2D eigenvalue weighted by Crippen LogP contribution is 2.58. The van der Waals surface area contributed by atoms with E-state index in [9.17, 15) is 19.2 Å². The fraction of sp³-hybridized carbons (Fsp3) is 0.312. The highest BCUT2D eigenvalue weighted by Gasteiger charge is 2.56. The molecule has 11 aromatic rings. The maximum Gasteiger partial charge on any atom is 0.255 e. The van der Waals surface area contributed by atoms with E-state index in [2.05, 4.69) is 215 Å². The fourth-order valence-electron chi connectivity index (χ4n) is 15.1. The maximum atomic E-state index is 15.3. The smallest absolute Gasteiger partial charge is 0.255 e. The number of benzene rings is 11. The lowest BCUT2D eigenvalue weighted by Crippen LogP contribution is -2.50. The minimum atomic E-state index is -1.07. The summed E-state index contributed by atoms with van der Waals surface area (Å²) in [6, 6.07) is 59.7. The molecule has 0 unspecified atom stereocenters. The highest BCUT2D eigenvalue weighted by molar-refractivity contribution is 6.24. The summed E-state index contributed by atoms with van der Waals surface area (Å²) in [5.74, 6) is 0.739. The lowest BCUT2D eigenvalue weighted by molar-refractivity contribution is -0.123. The van der Waals surface area contributed by atoms with Crippen LogP contribution in [0.5, 0.6) is 11.5 Å². The molecule has 14 heteroatoms. The lowest BCUT2D eigenvalue weighted by atomic mass is 9.74. The largest absolute Gasteiger partial charge is 0.456 e. The van der Waals surface area contributed by atoms with E-state index in [1.807, 2.05) is 23.1 Å². The Balaban J connectivity index is 0.659. The van der Waals surface area contributed by atoms with Gasteiger partial charge in [0.05, 0.1) is 0 Å². The third-order valence-corrected chi connectivity index (χ3v) is 19.8. The minimum absolute atomic E-state index is 0.0643. The maximum absolute atomic E-state index is 15.3. The van der Waals surface area contributed by atoms with Gasteiger partial charge in [0.2, 0.25) is 23.6 Å². The predicted molar refractivity (Wildman–Crippen MR) is 381 cm³/mol. The molecule has 0 bridgehead atoms. The number of carbonyl (C=O) groups is 5. The molecule has 0 radical (unpaired) electrons. The SMILES string of the molecule is CCN(CC)c1ccc2c(c1)Oc1cc(N(CC)CC)ccc1C21c2ccccc2C(=O)N1CCN(CCC(=O)NCCNC(=O)CCCc1ccc2ccc3cccc4ccc1c2c34)CCC(=O)NCCNC(=O)CCCc1ccc2ccc3cccc4ccc1c2c34. The second-order valence-electron chi connectivity index (χ2n) is 25.1. The van der Waals surface area contributed by atoms with Crippen LogP contribution >= 0.6 is 0 Å². The standard InChI is InChI=1S/C80H84N8O6/c1-5-86(6-2)61-35-39-67-69(51-61)94-70-52-62(87(7-3)8-4)36-40-68(70)80(67)66-22-10-9-21-65(66)79(93)88(80)50-49-85(47-41-73(91)83-45-43-81-71(89)23-13-15-53-25-27-59-31-29-55-17-11-19-57-33-37-63(53)77(59)75(55)57)48-42-74(92)84-46-44-82-72(90)24-14-16-54-26-28-60-32-30-56-18-12-20-58-34-38-64(54)78(60)76(56)58/h9-12,17-22,25-40,51-52H,5-8,13-16,23-24,41-50H2,1-4H3,(H,81,89)(H,82,90)(H,83,91)(H,84,92). The van der Waals surface area contributed by atoms with E-state index in [1.54, 1.807) is 0 Å². The average Bonchev–Trinajstić information content (AvgIpc) is 1.47. The number of ether oxygens (including phenoxy) is 1. The van der Waals surface area contributed by atoms with E-state index in [0.717, 1.165) is 67.1 Å². The van der Waals surface area contributed by atoms with Gasteiger partial charge in [-0.25, -0.2) is 0 Å². The third-order valence-electron chi connectivity index (χ3n) is 19.8. The number of rotatable bonds is 29. The molecule has 2 aliphatic heterocycles. The van der Waals surface area contributed by atoms with Crippen LogP contribution in [0.2, 0.25) is 0 Å². The monoisotopic (exact) mass is 1250 g/mol. The zero-order valence-corrected chi connectivity index (χ0v) is 54.5. The second kappa shape index (κ2) is 27.8. The molecule has 5 amide bonds. The van der Waals surface area contributed by atoms with Crippen molar-refractivity contribution in [3.05, 3.63) is 203 Å². The number of nitrogens with one attached hydrogen (secondary N) is 4.